The summed E-state index contributed by atoms with van der Waals surface area (Å²) in [4.78, 5) is 19.4. The first-order valence-corrected chi connectivity index (χ1v) is 10.8. The summed E-state index contributed by atoms with van der Waals surface area (Å²) in [5.41, 5.74) is 3.92. The zero-order valence-corrected chi connectivity index (χ0v) is 18.3. The number of benzene rings is 2. The number of halogens is 1. The fourth-order valence-corrected chi connectivity index (χ4v) is 4.50. The monoisotopic (exact) mass is 447 g/mol. The number of carbonyl (C=O) groups is 1. The van der Waals surface area contributed by atoms with E-state index >= 15 is 0 Å². The van der Waals surface area contributed by atoms with E-state index in [1.165, 1.54) is 0 Å². The Hall–Kier alpha value is -3.58. The third-order valence-electron chi connectivity index (χ3n) is 5.80. The first-order valence-electron chi connectivity index (χ1n) is 10.4. The van der Waals surface area contributed by atoms with E-state index in [0.717, 1.165) is 41.1 Å². The number of aromatic nitrogens is 4. The number of rotatable bonds is 7. The second kappa shape index (κ2) is 8.51. The third kappa shape index (κ3) is 3.54. The van der Waals surface area contributed by atoms with E-state index in [0.29, 0.717) is 17.3 Å². The summed E-state index contributed by atoms with van der Waals surface area (Å²) in [6, 6.07) is 15.0. The number of hydrogen-bond acceptors (Lipinski definition) is 4. The minimum Gasteiger partial charge on any atom is -0.497 e. The number of imidazole rings is 1. The normalized spacial score (nSPS) is 15.2. The largest absolute Gasteiger partial charge is 0.497 e. The lowest BCUT2D eigenvalue weighted by Gasteiger charge is -2.27. The molecule has 32 heavy (non-hydrogen) atoms. The summed E-state index contributed by atoms with van der Waals surface area (Å²) in [5.74, 6) is 0.698. The van der Waals surface area contributed by atoms with Crippen LogP contribution >= 0.6 is 11.6 Å². The van der Waals surface area contributed by atoms with E-state index in [2.05, 4.69) is 15.2 Å². The lowest BCUT2D eigenvalue weighted by atomic mass is 9.96. The number of H-pyrrole nitrogens is 1. The van der Waals surface area contributed by atoms with Crippen molar-refractivity contribution < 1.29 is 9.53 Å². The molecule has 1 aliphatic rings. The summed E-state index contributed by atoms with van der Waals surface area (Å²) in [6.45, 7) is 1.36. The number of fused-ring (bicyclic) bond motifs is 1. The molecule has 5 rings (SSSR count). The highest BCUT2D eigenvalue weighted by Gasteiger charge is 2.42. The Balaban J connectivity index is 1.53. The topological polar surface area (TPSA) is 76.0 Å². The zero-order valence-electron chi connectivity index (χ0n) is 17.5. The Kier molecular flexibility index (Phi) is 5.41. The molecular weight excluding hydrogens is 426 g/mol. The minimum atomic E-state index is -0.315. The fraction of sp³-hybridized carbons (Fsp3) is 0.208. The van der Waals surface area contributed by atoms with Crippen LogP contribution in [0, 0.1) is 0 Å². The van der Waals surface area contributed by atoms with Gasteiger partial charge in [0.15, 0.2) is 0 Å². The molecule has 1 atom stereocenters. The molecule has 7 nitrogen and oxygen atoms in total. The Bertz CT molecular complexity index is 1230. The SMILES string of the molecule is COc1ccc(-c2n[nH]c3c2C(c2ccccc2Cl)N(CCCn2ccnc2)C3=O)cc1. The quantitative estimate of drug-likeness (QED) is 0.450. The van der Waals surface area contributed by atoms with E-state index in [9.17, 15) is 4.79 Å². The van der Waals surface area contributed by atoms with Gasteiger partial charge in [-0.05, 0) is 42.3 Å². The summed E-state index contributed by atoms with van der Waals surface area (Å²) in [5, 5.41) is 8.12. The summed E-state index contributed by atoms with van der Waals surface area (Å²) >= 11 is 6.61. The fourth-order valence-electron chi connectivity index (χ4n) is 4.26. The molecule has 3 heterocycles. The highest BCUT2D eigenvalue weighted by Crippen LogP contribution is 2.44. The van der Waals surface area contributed by atoms with Crippen LogP contribution in [0.25, 0.3) is 11.3 Å². The third-order valence-corrected chi connectivity index (χ3v) is 6.15. The Morgan fingerprint density at radius 3 is 2.66 bits per heavy atom. The Morgan fingerprint density at radius 1 is 1.12 bits per heavy atom. The molecule has 162 valence electrons. The predicted molar refractivity (Wildman–Crippen MR) is 122 cm³/mol. The number of aromatic amines is 1. The highest BCUT2D eigenvalue weighted by molar-refractivity contribution is 6.31. The van der Waals surface area contributed by atoms with Gasteiger partial charge in [-0.15, -0.1) is 0 Å². The maximum Gasteiger partial charge on any atom is 0.273 e. The van der Waals surface area contributed by atoms with E-state index in [-0.39, 0.29) is 11.9 Å². The first kappa shape index (κ1) is 20.3. The van der Waals surface area contributed by atoms with Gasteiger partial charge in [0.2, 0.25) is 0 Å². The van der Waals surface area contributed by atoms with Gasteiger partial charge >= 0.3 is 0 Å². The number of carbonyl (C=O) groups excluding carboxylic acids is 1. The molecule has 0 radical (unpaired) electrons. The molecule has 1 aliphatic heterocycles. The van der Waals surface area contributed by atoms with Crippen LogP contribution in [-0.4, -0.2) is 44.2 Å². The number of nitrogens with zero attached hydrogens (tertiary/aromatic N) is 4. The molecule has 1 N–H and O–H groups in total. The van der Waals surface area contributed by atoms with Crippen molar-refractivity contribution in [3.8, 4) is 17.0 Å². The van der Waals surface area contributed by atoms with Crippen LogP contribution in [0.1, 0.15) is 34.1 Å². The summed E-state index contributed by atoms with van der Waals surface area (Å²) < 4.78 is 7.29. The lowest BCUT2D eigenvalue weighted by Crippen LogP contribution is -2.31. The molecule has 2 aromatic carbocycles. The minimum absolute atomic E-state index is 0.0668. The molecule has 0 fully saturated rings. The van der Waals surface area contributed by atoms with Crippen molar-refractivity contribution in [1.29, 1.82) is 0 Å². The number of aryl methyl sites for hydroxylation is 1. The Labute approximate surface area is 190 Å². The van der Waals surface area contributed by atoms with Crippen molar-refractivity contribution in [2.75, 3.05) is 13.7 Å². The van der Waals surface area contributed by atoms with Crippen LogP contribution < -0.4 is 4.74 Å². The first-order chi connectivity index (χ1) is 15.7. The van der Waals surface area contributed by atoms with Crippen molar-refractivity contribution in [1.82, 2.24) is 24.6 Å². The van der Waals surface area contributed by atoms with Crippen molar-refractivity contribution >= 4 is 17.5 Å². The van der Waals surface area contributed by atoms with Gasteiger partial charge in [-0.3, -0.25) is 9.89 Å². The van der Waals surface area contributed by atoms with Crippen molar-refractivity contribution in [2.24, 2.45) is 0 Å². The molecule has 0 saturated heterocycles. The number of hydrogen-bond donors (Lipinski definition) is 1. The molecule has 0 aliphatic carbocycles. The van der Waals surface area contributed by atoms with Gasteiger partial charge < -0.3 is 14.2 Å². The molecule has 2 aromatic heterocycles. The number of methoxy groups -OCH3 is 1. The van der Waals surface area contributed by atoms with Crippen molar-refractivity contribution in [2.45, 2.75) is 19.0 Å². The van der Waals surface area contributed by atoms with Gasteiger partial charge in [0, 0.05) is 41.6 Å². The molecular formula is C24H22ClN5O2. The van der Waals surface area contributed by atoms with Gasteiger partial charge in [-0.2, -0.15) is 5.10 Å². The Morgan fingerprint density at radius 2 is 1.94 bits per heavy atom. The molecule has 0 bridgehead atoms. The van der Waals surface area contributed by atoms with Gasteiger partial charge in [0.25, 0.3) is 5.91 Å². The molecule has 1 amide bonds. The standard InChI is InChI=1S/C24H22ClN5O2/c1-32-17-9-7-16(8-10-17)21-20-22(28-27-21)24(31)30(13-4-12-29-14-11-26-15-29)23(20)18-5-2-3-6-19(18)25/h2-3,5-11,14-15,23H,4,12-13H2,1H3,(H,27,28). The maximum atomic E-state index is 13.4. The van der Waals surface area contributed by atoms with Gasteiger partial charge in [0.1, 0.15) is 11.4 Å². The number of ether oxygens (including phenoxy) is 1. The van der Waals surface area contributed by atoms with E-state index in [1.807, 2.05) is 64.2 Å². The molecule has 4 aromatic rings. The summed E-state index contributed by atoms with van der Waals surface area (Å²) in [7, 11) is 1.63. The van der Waals surface area contributed by atoms with E-state index in [1.54, 1.807) is 19.6 Å². The molecule has 8 heteroatoms. The van der Waals surface area contributed by atoms with Crippen LogP contribution in [-0.2, 0) is 6.54 Å². The second-order valence-electron chi connectivity index (χ2n) is 7.67. The van der Waals surface area contributed by atoms with Crippen molar-refractivity contribution in [3.05, 3.63) is 89.1 Å². The lowest BCUT2D eigenvalue weighted by molar-refractivity contribution is 0.0739. The number of amides is 1. The van der Waals surface area contributed by atoms with Gasteiger partial charge in [-0.1, -0.05) is 29.8 Å². The van der Waals surface area contributed by atoms with Crippen LogP contribution in [0.3, 0.4) is 0 Å². The highest BCUT2D eigenvalue weighted by atomic mass is 35.5. The molecule has 1 unspecified atom stereocenters. The molecule has 0 spiro atoms. The number of nitrogens with one attached hydrogen (secondary N) is 1. The zero-order chi connectivity index (χ0) is 22.1. The smallest absolute Gasteiger partial charge is 0.273 e. The van der Waals surface area contributed by atoms with Gasteiger partial charge in [-0.25, -0.2) is 4.98 Å². The average Bonchev–Trinajstić information content (AvgIpc) is 3.54. The second-order valence-corrected chi connectivity index (χ2v) is 8.07. The van der Waals surface area contributed by atoms with E-state index in [4.69, 9.17) is 16.3 Å². The average molecular weight is 448 g/mol. The summed E-state index contributed by atoms with van der Waals surface area (Å²) in [6.07, 6.45) is 6.25. The van der Waals surface area contributed by atoms with Gasteiger partial charge in [0.05, 0.1) is 25.2 Å². The molecule has 0 saturated carbocycles. The van der Waals surface area contributed by atoms with Crippen LogP contribution in [0.2, 0.25) is 5.02 Å². The predicted octanol–water partition coefficient (Wildman–Crippen LogP) is 4.57. The van der Waals surface area contributed by atoms with Crippen LogP contribution in [0.5, 0.6) is 5.75 Å². The van der Waals surface area contributed by atoms with Crippen LogP contribution in [0.4, 0.5) is 0 Å². The van der Waals surface area contributed by atoms with Crippen molar-refractivity contribution in [3.63, 3.8) is 0 Å². The van der Waals surface area contributed by atoms with E-state index < -0.39 is 0 Å². The van der Waals surface area contributed by atoms with Crippen LogP contribution in [0.15, 0.2) is 67.3 Å². The maximum absolute atomic E-state index is 13.4.